The first-order chi connectivity index (χ1) is 17.9. The van der Waals surface area contributed by atoms with Crippen LogP contribution in [-0.2, 0) is 39.3 Å². The molecule has 4 rings (SSSR count). The third-order valence-corrected chi connectivity index (χ3v) is 7.48. The Labute approximate surface area is 222 Å². The lowest BCUT2D eigenvalue weighted by Crippen LogP contribution is -2.36. The molecule has 0 aromatic heterocycles. The molecule has 2 N–H and O–H groups in total. The Morgan fingerprint density at radius 2 is 1.92 bits per heavy atom. The van der Waals surface area contributed by atoms with Gasteiger partial charge in [0.25, 0.3) is 5.91 Å². The lowest BCUT2D eigenvalue weighted by molar-refractivity contribution is -0.117. The summed E-state index contributed by atoms with van der Waals surface area (Å²) in [6.07, 6.45) is 0.674. The number of carbonyl (C=O) groups excluding carboxylic acids is 2. The molecular formula is C26H33FN4O6S. The van der Waals surface area contributed by atoms with Crippen molar-refractivity contribution in [2.45, 2.75) is 52.4 Å². The highest BCUT2D eigenvalue weighted by atomic mass is 32.2. The Balaban J connectivity index is 1.51. The van der Waals surface area contributed by atoms with Gasteiger partial charge in [-0.2, -0.15) is 8.42 Å². The Hall–Kier alpha value is -3.38. The zero-order valence-corrected chi connectivity index (χ0v) is 22.6. The second kappa shape index (κ2) is 11.2. The van der Waals surface area contributed by atoms with Crippen molar-refractivity contribution in [3.05, 3.63) is 58.9 Å². The van der Waals surface area contributed by atoms with Crippen LogP contribution in [0.1, 0.15) is 43.9 Å². The smallest absolute Gasteiger partial charge is 0.407 e. The minimum atomic E-state index is -4.25. The molecule has 0 atom stereocenters. The van der Waals surface area contributed by atoms with Crippen LogP contribution in [-0.4, -0.2) is 57.1 Å². The number of hydrogen-bond donors (Lipinski definition) is 2. The quantitative estimate of drug-likeness (QED) is 0.487. The van der Waals surface area contributed by atoms with E-state index in [-0.39, 0.29) is 24.6 Å². The fourth-order valence-corrected chi connectivity index (χ4v) is 5.56. The van der Waals surface area contributed by atoms with Crippen LogP contribution in [0.4, 0.5) is 14.9 Å². The van der Waals surface area contributed by atoms with Gasteiger partial charge in [0, 0.05) is 31.7 Å². The summed E-state index contributed by atoms with van der Waals surface area (Å²) in [5.74, 6) is -1.39. The Morgan fingerprint density at radius 1 is 1.18 bits per heavy atom. The molecule has 0 aliphatic carbocycles. The Bertz CT molecular complexity index is 1300. The van der Waals surface area contributed by atoms with Crippen LogP contribution >= 0.6 is 0 Å². The average molecular weight is 549 g/mol. The number of rotatable bonds is 8. The number of benzene rings is 2. The number of amides is 2. The third kappa shape index (κ3) is 6.73. The van der Waals surface area contributed by atoms with Gasteiger partial charge >= 0.3 is 16.3 Å². The predicted molar refractivity (Wildman–Crippen MR) is 139 cm³/mol. The summed E-state index contributed by atoms with van der Waals surface area (Å²) in [7, 11) is -4.25. The Morgan fingerprint density at radius 3 is 2.58 bits per heavy atom. The van der Waals surface area contributed by atoms with E-state index in [0.717, 1.165) is 15.4 Å². The molecule has 2 aliphatic rings. The molecule has 2 aliphatic heterocycles. The second-order valence-corrected chi connectivity index (χ2v) is 11.9. The van der Waals surface area contributed by atoms with Gasteiger partial charge in [0.15, 0.2) is 5.82 Å². The molecule has 2 amide bonds. The molecule has 1 fully saturated rings. The maximum absolute atomic E-state index is 16.1. The molecular weight excluding hydrogens is 515 g/mol. The first-order valence-corrected chi connectivity index (χ1v) is 13.9. The molecule has 2 aromatic rings. The molecule has 206 valence electrons. The molecule has 38 heavy (non-hydrogen) atoms. The second-order valence-electron chi connectivity index (χ2n) is 10.3. The van der Waals surface area contributed by atoms with Crippen molar-refractivity contribution in [1.82, 2.24) is 14.9 Å². The van der Waals surface area contributed by atoms with Crippen LogP contribution < -0.4 is 19.1 Å². The minimum absolute atomic E-state index is 0.0696. The van der Waals surface area contributed by atoms with Crippen LogP contribution in [0, 0.1) is 5.82 Å². The number of nitrogens with one attached hydrogen (secondary N) is 2. The van der Waals surface area contributed by atoms with Crippen LogP contribution in [0.5, 0.6) is 5.75 Å². The van der Waals surface area contributed by atoms with Crippen molar-refractivity contribution in [3.8, 4) is 5.75 Å². The summed E-state index contributed by atoms with van der Waals surface area (Å²) in [6, 6.07) is 10.9. The number of nitrogens with zero attached hydrogens (tertiary/aromatic N) is 2. The maximum Gasteiger partial charge on any atom is 0.407 e. The fourth-order valence-electron chi connectivity index (χ4n) is 4.40. The van der Waals surface area contributed by atoms with Crippen molar-refractivity contribution in [3.63, 3.8) is 0 Å². The number of hydrogen-bond acceptors (Lipinski definition) is 7. The summed E-state index contributed by atoms with van der Waals surface area (Å²) in [4.78, 5) is 25.8. The molecule has 2 aromatic carbocycles. The van der Waals surface area contributed by atoms with Gasteiger partial charge in [-0.3, -0.25) is 9.69 Å². The van der Waals surface area contributed by atoms with Gasteiger partial charge in [0.05, 0.1) is 0 Å². The lowest BCUT2D eigenvalue weighted by atomic mass is 9.97. The predicted octanol–water partition coefficient (Wildman–Crippen LogP) is 2.86. The molecule has 1 saturated heterocycles. The van der Waals surface area contributed by atoms with E-state index in [9.17, 15) is 18.0 Å². The van der Waals surface area contributed by atoms with E-state index < -0.39 is 40.2 Å². The maximum atomic E-state index is 16.1. The van der Waals surface area contributed by atoms with Crippen LogP contribution in [0.2, 0.25) is 0 Å². The zero-order chi connectivity index (χ0) is 27.5. The van der Waals surface area contributed by atoms with Crippen LogP contribution in [0.15, 0.2) is 36.4 Å². The molecule has 0 saturated carbocycles. The summed E-state index contributed by atoms with van der Waals surface area (Å²) in [6.45, 7) is 6.87. The van der Waals surface area contributed by atoms with Crippen molar-refractivity contribution < 1.29 is 31.9 Å². The van der Waals surface area contributed by atoms with E-state index in [0.29, 0.717) is 38.0 Å². The fraction of sp³-hybridized carbons (Fsp3) is 0.462. The number of anilines is 1. The topological polar surface area (TPSA) is 117 Å². The highest BCUT2D eigenvalue weighted by Gasteiger charge is 2.39. The SMILES string of the molecule is CC(C)(C)OC(=O)NCCCN1CCc2cc(OCc3ccccc3)c(N3CC(=O)NS3(=O)=O)c(F)c2C1. The summed E-state index contributed by atoms with van der Waals surface area (Å²) >= 11 is 0. The third-order valence-electron chi connectivity index (χ3n) is 6.10. The van der Waals surface area contributed by atoms with Crippen molar-refractivity contribution in [2.75, 3.05) is 30.5 Å². The average Bonchev–Trinajstić information content (AvgIpc) is 3.11. The van der Waals surface area contributed by atoms with Crippen LogP contribution in [0.3, 0.4) is 0 Å². The van der Waals surface area contributed by atoms with Crippen molar-refractivity contribution in [1.29, 1.82) is 0 Å². The van der Waals surface area contributed by atoms with Gasteiger partial charge in [-0.05, 0) is 50.8 Å². The number of fused-ring (bicyclic) bond motifs is 1. The first kappa shape index (κ1) is 27.6. The van der Waals surface area contributed by atoms with E-state index in [2.05, 4.69) is 5.32 Å². The lowest BCUT2D eigenvalue weighted by Gasteiger charge is -2.31. The molecule has 0 radical (unpaired) electrons. The number of carbonyl (C=O) groups is 2. The van der Waals surface area contributed by atoms with Gasteiger partial charge in [0.2, 0.25) is 0 Å². The highest BCUT2D eigenvalue weighted by molar-refractivity contribution is 7.92. The number of ether oxygens (including phenoxy) is 2. The highest BCUT2D eigenvalue weighted by Crippen LogP contribution is 2.40. The van der Waals surface area contributed by atoms with E-state index in [1.807, 2.05) is 40.0 Å². The monoisotopic (exact) mass is 548 g/mol. The molecule has 10 nitrogen and oxygen atoms in total. The van der Waals surface area contributed by atoms with Crippen LogP contribution in [0.25, 0.3) is 0 Å². The van der Waals surface area contributed by atoms with Gasteiger partial charge in [-0.1, -0.05) is 30.3 Å². The van der Waals surface area contributed by atoms with E-state index in [4.69, 9.17) is 9.47 Å². The van der Waals surface area contributed by atoms with Gasteiger partial charge < -0.3 is 14.8 Å². The minimum Gasteiger partial charge on any atom is -0.487 e. The van der Waals surface area contributed by atoms with Gasteiger partial charge in [0.1, 0.15) is 30.2 Å². The van der Waals surface area contributed by atoms with E-state index >= 15 is 4.39 Å². The molecule has 12 heteroatoms. The summed E-state index contributed by atoms with van der Waals surface area (Å²) < 4.78 is 55.1. The Kier molecular flexibility index (Phi) is 8.12. The normalized spacial score (nSPS) is 17.1. The van der Waals surface area contributed by atoms with E-state index in [1.54, 1.807) is 26.8 Å². The van der Waals surface area contributed by atoms with Gasteiger partial charge in [-0.15, -0.1) is 0 Å². The standard InChI is InChI=1S/C26H33FN4O6S/c1-26(2,3)37-25(33)28-11-7-12-30-13-10-19-14-21(36-17-18-8-5-4-6-9-18)24(23(27)20(19)15-30)31-16-22(32)29-38(31,34)35/h4-6,8-9,14H,7,10-13,15-17H2,1-3H3,(H,28,33)(H,29,32). The molecule has 0 bridgehead atoms. The van der Waals surface area contributed by atoms with Gasteiger partial charge in [-0.25, -0.2) is 18.2 Å². The number of alkyl carbamates (subject to hydrolysis) is 1. The molecule has 0 spiro atoms. The number of halogens is 1. The summed E-state index contributed by atoms with van der Waals surface area (Å²) in [5.41, 5.74) is 1.08. The van der Waals surface area contributed by atoms with Crippen molar-refractivity contribution >= 4 is 27.9 Å². The zero-order valence-electron chi connectivity index (χ0n) is 21.8. The summed E-state index contributed by atoms with van der Waals surface area (Å²) in [5, 5.41) is 2.71. The first-order valence-electron chi connectivity index (χ1n) is 12.5. The molecule has 0 unspecified atom stereocenters. The van der Waals surface area contributed by atoms with Crippen molar-refractivity contribution in [2.24, 2.45) is 0 Å². The van der Waals surface area contributed by atoms with E-state index in [1.165, 1.54) is 0 Å². The largest absolute Gasteiger partial charge is 0.487 e. The molecule has 2 heterocycles.